The van der Waals surface area contributed by atoms with Crippen molar-refractivity contribution in [3.63, 3.8) is 0 Å². The number of fused-ring (bicyclic) bond motifs is 1. The number of nitrogens with zero attached hydrogens (tertiary/aromatic N) is 1. The van der Waals surface area contributed by atoms with E-state index in [1.807, 2.05) is 6.07 Å². The molecule has 1 aliphatic carbocycles. The number of halogens is 2. The maximum atomic E-state index is 13.6. The molecule has 0 bridgehead atoms. The Morgan fingerprint density at radius 2 is 2.24 bits per heavy atom. The number of aryl methyl sites for hydroxylation is 1. The van der Waals surface area contributed by atoms with Crippen LogP contribution in [0.4, 0.5) is 4.39 Å². The van der Waals surface area contributed by atoms with Crippen LogP contribution >= 0.6 is 15.9 Å². The molecule has 1 aromatic carbocycles. The number of hydrogen-bond acceptors (Lipinski definition) is 1. The minimum absolute atomic E-state index is 0.199. The molecule has 2 nitrogen and oxygen atoms in total. The molecule has 112 valence electrons. The van der Waals surface area contributed by atoms with Gasteiger partial charge in [-0.3, -0.25) is 0 Å². The quantitative estimate of drug-likeness (QED) is 0.863. The molecule has 1 heterocycles. The summed E-state index contributed by atoms with van der Waals surface area (Å²) in [5, 5.41) is 3.56. The van der Waals surface area contributed by atoms with E-state index in [4.69, 9.17) is 0 Å². The van der Waals surface area contributed by atoms with Crippen LogP contribution in [-0.2, 0) is 13.0 Å². The van der Waals surface area contributed by atoms with E-state index >= 15 is 0 Å². The minimum Gasteiger partial charge on any atom is -0.349 e. The lowest BCUT2D eigenvalue weighted by atomic mass is 9.91. The van der Waals surface area contributed by atoms with Crippen LogP contribution in [-0.4, -0.2) is 11.1 Å². The SMILES string of the molecule is CCNC1CCCc2cn(Cc3cccc(F)c3Br)cc21. The van der Waals surface area contributed by atoms with Crippen molar-refractivity contribution in [2.24, 2.45) is 0 Å². The summed E-state index contributed by atoms with van der Waals surface area (Å²) in [5.74, 6) is -0.199. The average molecular weight is 351 g/mol. The molecule has 1 N–H and O–H groups in total. The lowest BCUT2D eigenvalue weighted by Crippen LogP contribution is -2.23. The van der Waals surface area contributed by atoms with Crippen LogP contribution in [0.3, 0.4) is 0 Å². The Balaban J connectivity index is 1.86. The molecular formula is C17H20BrFN2. The number of nitrogens with one attached hydrogen (secondary N) is 1. The van der Waals surface area contributed by atoms with Gasteiger partial charge in [-0.05, 0) is 64.5 Å². The fourth-order valence-electron chi connectivity index (χ4n) is 3.17. The lowest BCUT2D eigenvalue weighted by Gasteiger charge is -2.22. The average Bonchev–Trinajstić information content (AvgIpc) is 2.88. The Morgan fingerprint density at radius 3 is 3.05 bits per heavy atom. The molecule has 0 radical (unpaired) electrons. The minimum atomic E-state index is -0.199. The number of aromatic nitrogens is 1. The Labute approximate surface area is 133 Å². The molecule has 0 saturated carbocycles. The van der Waals surface area contributed by atoms with E-state index in [1.54, 1.807) is 6.07 Å². The van der Waals surface area contributed by atoms with Crippen molar-refractivity contribution in [3.8, 4) is 0 Å². The Bertz CT molecular complexity index is 636. The van der Waals surface area contributed by atoms with E-state index in [9.17, 15) is 4.39 Å². The van der Waals surface area contributed by atoms with Gasteiger partial charge in [0.25, 0.3) is 0 Å². The van der Waals surface area contributed by atoms with Crippen LogP contribution in [0.15, 0.2) is 35.1 Å². The van der Waals surface area contributed by atoms with Crippen molar-refractivity contribution >= 4 is 15.9 Å². The molecule has 0 saturated heterocycles. The molecule has 0 fully saturated rings. The van der Waals surface area contributed by atoms with Crippen molar-refractivity contribution < 1.29 is 4.39 Å². The lowest BCUT2D eigenvalue weighted by molar-refractivity contribution is 0.473. The number of benzene rings is 1. The zero-order valence-electron chi connectivity index (χ0n) is 12.2. The van der Waals surface area contributed by atoms with Crippen molar-refractivity contribution in [1.29, 1.82) is 0 Å². The summed E-state index contributed by atoms with van der Waals surface area (Å²) in [4.78, 5) is 0. The van der Waals surface area contributed by atoms with Gasteiger partial charge in [0.15, 0.2) is 0 Å². The monoisotopic (exact) mass is 350 g/mol. The molecule has 1 unspecified atom stereocenters. The van der Waals surface area contributed by atoms with E-state index in [2.05, 4.69) is 45.1 Å². The second kappa shape index (κ2) is 6.32. The predicted molar refractivity (Wildman–Crippen MR) is 87.0 cm³/mol. The van der Waals surface area contributed by atoms with E-state index in [0.717, 1.165) is 18.5 Å². The van der Waals surface area contributed by atoms with Crippen LogP contribution in [0.5, 0.6) is 0 Å². The topological polar surface area (TPSA) is 17.0 Å². The smallest absolute Gasteiger partial charge is 0.137 e. The van der Waals surface area contributed by atoms with Crippen LogP contribution in [0.1, 0.15) is 42.5 Å². The molecule has 0 aliphatic heterocycles. The van der Waals surface area contributed by atoms with Gasteiger partial charge < -0.3 is 9.88 Å². The van der Waals surface area contributed by atoms with Crippen molar-refractivity contribution in [2.75, 3.05) is 6.54 Å². The Morgan fingerprint density at radius 1 is 1.38 bits per heavy atom. The molecule has 21 heavy (non-hydrogen) atoms. The molecule has 2 aromatic rings. The van der Waals surface area contributed by atoms with Gasteiger partial charge in [-0.15, -0.1) is 0 Å². The van der Waals surface area contributed by atoms with Gasteiger partial charge in [-0.2, -0.15) is 0 Å². The van der Waals surface area contributed by atoms with Gasteiger partial charge in [-0.25, -0.2) is 4.39 Å². The van der Waals surface area contributed by atoms with Gasteiger partial charge in [-0.1, -0.05) is 19.1 Å². The van der Waals surface area contributed by atoms with Gasteiger partial charge in [0.1, 0.15) is 5.82 Å². The summed E-state index contributed by atoms with van der Waals surface area (Å²) in [7, 11) is 0. The number of rotatable bonds is 4. The van der Waals surface area contributed by atoms with Crippen molar-refractivity contribution in [1.82, 2.24) is 9.88 Å². The third-order valence-electron chi connectivity index (χ3n) is 4.15. The molecule has 1 aromatic heterocycles. The normalized spacial score (nSPS) is 17.8. The fraction of sp³-hybridized carbons (Fsp3) is 0.412. The maximum absolute atomic E-state index is 13.6. The van der Waals surface area contributed by atoms with Gasteiger partial charge in [0, 0.05) is 25.0 Å². The maximum Gasteiger partial charge on any atom is 0.137 e. The number of hydrogen-bond donors (Lipinski definition) is 1. The Hall–Kier alpha value is -1.13. The van der Waals surface area contributed by atoms with Crippen molar-refractivity contribution in [3.05, 3.63) is 57.6 Å². The summed E-state index contributed by atoms with van der Waals surface area (Å²) in [5.41, 5.74) is 3.82. The zero-order chi connectivity index (χ0) is 14.8. The summed E-state index contributed by atoms with van der Waals surface area (Å²) in [6, 6.07) is 5.68. The summed E-state index contributed by atoms with van der Waals surface area (Å²) >= 11 is 3.35. The Kier molecular flexibility index (Phi) is 4.45. The molecule has 1 atom stereocenters. The summed E-state index contributed by atoms with van der Waals surface area (Å²) in [6.45, 7) is 3.84. The van der Waals surface area contributed by atoms with E-state index in [0.29, 0.717) is 17.1 Å². The van der Waals surface area contributed by atoms with Crippen molar-refractivity contribution in [2.45, 2.75) is 38.8 Å². The predicted octanol–water partition coefficient (Wildman–Crippen LogP) is 4.42. The third-order valence-corrected chi connectivity index (χ3v) is 5.03. The standard InChI is InChI=1S/C17H20BrFN2/c1-2-20-16-8-4-5-12-9-21(11-14(12)16)10-13-6-3-7-15(19)17(13)18/h3,6-7,9,11,16,20H,2,4-5,8,10H2,1H3. The molecule has 0 spiro atoms. The molecule has 0 amide bonds. The highest BCUT2D eigenvalue weighted by molar-refractivity contribution is 9.10. The van der Waals surface area contributed by atoms with Crippen LogP contribution in [0.25, 0.3) is 0 Å². The van der Waals surface area contributed by atoms with Gasteiger partial charge in [0.05, 0.1) is 4.47 Å². The first-order valence-electron chi connectivity index (χ1n) is 7.54. The first-order chi connectivity index (χ1) is 10.2. The molecule has 3 rings (SSSR count). The summed E-state index contributed by atoms with van der Waals surface area (Å²) < 4.78 is 16.4. The first-order valence-corrected chi connectivity index (χ1v) is 8.33. The zero-order valence-corrected chi connectivity index (χ0v) is 13.8. The largest absolute Gasteiger partial charge is 0.349 e. The van der Waals surface area contributed by atoms with Crippen LogP contribution in [0.2, 0.25) is 0 Å². The van der Waals surface area contributed by atoms with Crippen LogP contribution in [0, 0.1) is 5.82 Å². The molecule has 1 aliphatic rings. The third kappa shape index (κ3) is 3.06. The fourth-order valence-corrected chi connectivity index (χ4v) is 3.56. The highest BCUT2D eigenvalue weighted by Crippen LogP contribution is 2.31. The van der Waals surface area contributed by atoms with E-state index in [-0.39, 0.29) is 5.82 Å². The van der Waals surface area contributed by atoms with E-state index < -0.39 is 0 Å². The van der Waals surface area contributed by atoms with Crippen LogP contribution < -0.4 is 5.32 Å². The highest BCUT2D eigenvalue weighted by Gasteiger charge is 2.21. The second-order valence-corrected chi connectivity index (χ2v) is 6.42. The molecular weight excluding hydrogens is 331 g/mol. The first kappa shape index (κ1) is 14.8. The highest BCUT2D eigenvalue weighted by atomic mass is 79.9. The van der Waals surface area contributed by atoms with Gasteiger partial charge >= 0.3 is 0 Å². The van der Waals surface area contributed by atoms with Gasteiger partial charge in [0.2, 0.25) is 0 Å². The summed E-state index contributed by atoms with van der Waals surface area (Å²) in [6.07, 6.45) is 8.02. The second-order valence-electron chi connectivity index (χ2n) is 5.63. The van der Waals surface area contributed by atoms with E-state index in [1.165, 1.54) is 30.0 Å². The molecule has 4 heteroatoms.